The van der Waals surface area contributed by atoms with Gasteiger partial charge < -0.3 is 5.11 Å². The van der Waals surface area contributed by atoms with Crippen LogP contribution in [0.2, 0.25) is 0 Å². The molecule has 1 atom stereocenters. The van der Waals surface area contributed by atoms with Gasteiger partial charge >= 0.3 is 11.5 Å². The highest BCUT2D eigenvalue weighted by Gasteiger charge is 2.29. The van der Waals surface area contributed by atoms with Crippen LogP contribution in [0.25, 0.3) is 0 Å². The third-order valence-corrected chi connectivity index (χ3v) is 3.40. The Morgan fingerprint density at radius 1 is 1.32 bits per heavy atom. The summed E-state index contributed by atoms with van der Waals surface area (Å²) in [5.41, 5.74) is -3.77. The molecule has 1 aromatic carbocycles. The van der Waals surface area contributed by atoms with E-state index in [4.69, 9.17) is 5.11 Å². The zero-order valence-electron chi connectivity index (χ0n) is 10.4. The highest BCUT2D eigenvalue weighted by atomic mass is 32.2. The molecule has 1 rings (SSSR count). The fourth-order valence-electron chi connectivity index (χ4n) is 1.74. The van der Waals surface area contributed by atoms with Crippen molar-refractivity contribution in [2.75, 3.05) is 0 Å². The van der Waals surface area contributed by atoms with Crippen LogP contribution in [0.4, 0.5) is 13.2 Å². The van der Waals surface area contributed by atoms with Crippen LogP contribution in [0.5, 0.6) is 0 Å². The first-order valence-corrected chi connectivity index (χ1v) is 6.73. The summed E-state index contributed by atoms with van der Waals surface area (Å²) >= 11 is -0.200. The summed E-state index contributed by atoms with van der Waals surface area (Å²) in [7, 11) is 0. The Hall–Kier alpha value is -1.17. The van der Waals surface area contributed by atoms with Crippen LogP contribution >= 0.6 is 11.8 Å². The van der Waals surface area contributed by atoms with Crippen LogP contribution in [0.1, 0.15) is 37.7 Å². The van der Waals surface area contributed by atoms with Gasteiger partial charge in [0, 0.05) is 4.90 Å². The molecule has 0 saturated heterocycles. The molecule has 19 heavy (non-hydrogen) atoms. The zero-order chi connectivity index (χ0) is 14.5. The lowest BCUT2D eigenvalue weighted by Crippen LogP contribution is -2.11. The number of carboxylic acids is 1. The van der Waals surface area contributed by atoms with E-state index >= 15 is 0 Å². The average molecular weight is 292 g/mol. The van der Waals surface area contributed by atoms with Crippen molar-refractivity contribution in [2.24, 2.45) is 0 Å². The molecule has 0 aliphatic heterocycles. The quantitative estimate of drug-likeness (QED) is 0.775. The summed E-state index contributed by atoms with van der Waals surface area (Å²) in [5, 5.41) is 9.12. The van der Waals surface area contributed by atoms with Gasteiger partial charge in [0.1, 0.15) is 0 Å². The number of rotatable bonds is 6. The average Bonchev–Trinajstić information content (AvgIpc) is 2.29. The summed E-state index contributed by atoms with van der Waals surface area (Å²) < 4.78 is 36.5. The molecule has 0 aliphatic rings. The van der Waals surface area contributed by atoms with E-state index in [1.807, 2.05) is 6.92 Å². The molecule has 0 aromatic heterocycles. The molecule has 106 valence electrons. The van der Waals surface area contributed by atoms with Gasteiger partial charge in [0.15, 0.2) is 0 Å². The molecule has 1 N–H and O–H groups in total. The van der Waals surface area contributed by atoms with Crippen LogP contribution in [0.3, 0.4) is 0 Å². The molecule has 0 fully saturated rings. The van der Waals surface area contributed by atoms with E-state index in [0.29, 0.717) is 12.0 Å². The van der Waals surface area contributed by atoms with E-state index < -0.39 is 17.4 Å². The fourth-order valence-corrected chi connectivity index (χ4v) is 2.28. The van der Waals surface area contributed by atoms with Crippen LogP contribution in [-0.2, 0) is 4.79 Å². The smallest absolute Gasteiger partial charge is 0.446 e. The minimum absolute atomic E-state index is 0.0656. The van der Waals surface area contributed by atoms with Gasteiger partial charge in [-0.25, -0.2) is 0 Å². The highest BCUT2D eigenvalue weighted by molar-refractivity contribution is 8.00. The first kappa shape index (κ1) is 15.9. The van der Waals surface area contributed by atoms with Crippen LogP contribution < -0.4 is 0 Å². The number of halogens is 3. The van der Waals surface area contributed by atoms with Gasteiger partial charge in [-0.2, -0.15) is 13.2 Å². The number of unbranched alkanes of at least 4 members (excludes halogenated alkanes) is 1. The molecule has 0 heterocycles. The molecule has 0 saturated carbocycles. The van der Waals surface area contributed by atoms with E-state index in [9.17, 15) is 18.0 Å². The molecule has 0 amide bonds. The fraction of sp³-hybridized carbons (Fsp3) is 0.462. The third kappa shape index (κ3) is 5.55. The minimum Gasteiger partial charge on any atom is -0.481 e. The maximum Gasteiger partial charge on any atom is 0.446 e. The number of carboxylic acid groups (broad SMARTS) is 1. The standard InChI is InChI=1S/C13H15F3O2S/c1-2-3-4-11(12(17)18)9-5-7-10(8-6-9)19-13(14,15)16/h5-8,11H,2-4H2,1H3,(H,17,18). The number of thioether (sulfide) groups is 1. The number of hydrogen-bond donors (Lipinski definition) is 1. The Balaban J connectivity index is 2.80. The van der Waals surface area contributed by atoms with Crippen molar-refractivity contribution in [2.45, 2.75) is 42.5 Å². The van der Waals surface area contributed by atoms with Gasteiger partial charge in [0.05, 0.1) is 5.92 Å². The lowest BCUT2D eigenvalue weighted by Gasteiger charge is -2.13. The maximum atomic E-state index is 12.2. The molecule has 0 radical (unpaired) electrons. The Morgan fingerprint density at radius 2 is 1.89 bits per heavy atom. The second kappa shape index (κ2) is 6.84. The summed E-state index contributed by atoms with van der Waals surface area (Å²) in [6, 6.07) is 5.55. The van der Waals surface area contributed by atoms with Crippen molar-refractivity contribution in [3.8, 4) is 0 Å². The van der Waals surface area contributed by atoms with Crippen molar-refractivity contribution in [1.29, 1.82) is 0 Å². The SMILES string of the molecule is CCCCC(C(=O)O)c1ccc(SC(F)(F)F)cc1. The van der Waals surface area contributed by atoms with Crippen molar-refractivity contribution in [1.82, 2.24) is 0 Å². The summed E-state index contributed by atoms with van der Waals surface area (Å²) in [6.07, 6.45) is 2.15. The predicted octanol–water partition coefficient (Wildman–Crippen LogP) is 4.66. The second-order valence-corrected chi connectivity index (χ2v) is 5.29. The Labute approximate surface area is 114 Å². The Kier molecular flexibility index (Phi) is 5.72. The van der Waals surface area contributed by atoms with Crippen molar-refractivity contribution < 1.29 is 23.1 Å². The predicted molar refractivity (Wildman–Crippen MR) is 68.3 cm³/mol. The van der Waals surface area contributed by atoms with Gasteiger partial charge in [-0.1, -0.05) is 31.9 Å². The van der Waals surface area contributed by atoms with E-state index in [-0.39, 0.29) is 16.7 Å². The van der Waals surface area contributed by atoms with Gasteiger partial charge in [0.2, 0.25) is 0 Å². The molecule has 6 heteroatoms. The molecular formula is C13H15F3O2S. The topological polar surface area (TPSA) is 37.3 Å². The van der Waals surface area contributed by atoms with E-state index in [1.54, 1.807) is 0 Å². The lowest BCUT2D eigenvalue weighted by molar-refractivity contribution is -0.139. The first-order chi connectivity index (χ1) is 8.83. The maximum absolute atomic E-state index is 12.2. The number of carbonyl (C=O) groups is 1. The van der Waals surface area contributed by atoms with Crippen LogP contribution in [0, 0.1) is 0 Å². The number of alkyl halides is 3. The Morgan fingerprint density at radius 3 is 2.32 bits per heavy atom. The second-order valence-electron chi connectivity index (χ2n) is 4.15. The van der Waals surface area contributed by atoms with Gasteiger partial charge in [-0.3, -0.25) is 4.79 Å². The molecule has 0 aliphatic carbocycles. The van der Waals surface area contributed by atoms with Gasteiger partial charge in [-0.15, -0.1) is 0 Å². The molecule has 1 aromatic rings. The summed E-state index contributed by atoms with van der Waals surface area (Å²) in [4.78, 5) is 11.2. The largest absolute Gasteiger partial charge is 0.481 e. The number of aliphatic carboxylic acids is 1. The normalized spacial score (nSPS) is 13.3. The zero-order valence-corrected chi connectivity index (χ0v) is 11.2. The first-order valence-electron chi connectivity index (χ1n) is 5.92. The summed E-state index contributed by atoms with van der Waals surface area (Å²) in [6.45, 7) is 1.96. The molecular weight excluding hydrogens is 277 g/mol. The highest BCUT2D eigenvalue weighted by Crippen LogP contribution is 2.37. The minimum atomic E-state index is -4.32. The van der Waals surface area contributed by atoms with Gasteiger partial charge in [-0.05, 0) is 35.9 Å². The van der Waals surface area contributed by atoms with Crippen LogP contribution in [-0.4, -0.2) is 16.6 Å². The molecule has 2 nitrogen and oxygen atoms in total. The number of hydrogen-bond acceptors (Lipinski definition) is 2. The molecule has 1 unspecified atom stereocenters. The Bertz CT molecular complexity index is 415. The van der Waals surface area contributed by atoms with Crippen LogP contribution in [0.15, 0.2) is 29.2 Å². The van der Waals surface area contributed by atoms with Crippen molar-refractivity contribution in [3.05, 3.63) is 29.8 Å². The number of benzene rings is 1. The van der Waals surface area contributed by atoms with E-state index in [2.05, 4.69) is 0 Å². The summed E-state index contributed by atoms with van der Waals surface area (Å²) in [5.74, 6) is -1.59. The van der Waals surface area contributed by atoms with Crippen molar-refractivity contribution >= 4 is 17.7 Å². The van der Waals surface area contributed by atoms with Crippen molar-refractivity contribution in [3.63, 3.8) is 0 Å². The van der Waals surface area contributed by atoms with E-state index in [0.717, 1.165) is 12.8 Å². The third-order valence-electron chi connectivity index (χ3n) is 2.66. The van der Waals surface area contributed by atoms with Gasteiger partial charge in [0.25, 0.3) is 0 Å². The van der Waals surface area contributed by atoms with E-state index in [1.165, 1.54) is 24.3 Å². The lowest BCUT2D eigenvalue weighted by atomic mass is 9.94. The monoisotopic (exact) mass is 292 g/mol. The molecule has 0 spiro atoms. The molecule has 0 bridgehead atoms.